The Morgan fingerprint density at radius 2 is 2.00 bits per heavy atom. The lowest BCUT2D eigenvalue weighted by atomic mass is 9.97. The fourth-order valence-corrected chi connectivity index (χ4v) is 1.85. The summed E-state index contributed by atoms with van der Waals surface area (Å²) in [6, 6.07) is -0.181. The second-order valence-electron chi connectivity index (χ2n) is 5.36. The molecule has 0 aromatic heterocycles. The van der Waals surface area contributed by atoms with E-state index in [9.17, 15) is 9.59 Å². The minimum atomic E-state index is -0.482. The maximum absolute atomic E-state index is 11.7. The van der Waals surface area contributed by atoms with Gasteiger partial charge in [0.15, 0.2) is 5.78 Å². The van der Waals surface area contributed by atoms with Gasteiger partial charge in [-0.05, 0) is 39.5 Å². The molecule has 0 aromatic rings. The summed E-state index contributed by atoms with van der Waals surface area (Å²) >= 11 is 0. The van der Waals surface area contributed by atoms with Crippen molar-refractivity contribution in [1.29, 1.82) is 0 Å². The van der Waals surface area contributed by atoms with E-state index < -0.39 is 5.60 Å². The summed E-state index contributed by atoms with van der Waals surface area (Å²) in [6.07, 6.45) is 1.78. The Morgan fingerprint density at radius 1 is 1.40 bits per heavy atom. The van der Waals surface area contributed by atoms with Crippen LogP contribution in [0.3, 0.4) is 0 Å². The van der Waals surface area contributed by atoms with Crippen LogP contribution in [0.5, 0.6) is 0 Å². The highest BCUT2D eigenvalue weighted by atomic mass is 16.6. The normalized spacial score (nSPS) is 26.2. The SMILES string of the molecule is CC(C)(C)OC(=O)N1CC(=O)C1C1CC1. The van der Waals surface area contributed by atoms with Gasteiger partial charge < -0.3 is 4.74 Å². The van der Waals surface area contributed by atoms with Gasteiger partial charge in [-0.3, -0.25) is 9.69 Å². The minimum Gasteiger partial charge on any atom is -0.444 e. The lowest BCUT2D eigenvalue weighted by Gasteiger charge is -2.39. The second-order valence-corrected chi connectivity index (χ2v) is 5.36. The van der Waals surface area contributed by atoms with Gasteiger partial charge in [0, 0.05) is 0 Å². The van der Waals surface area contributed by atoms with E-state index in [1.54, 1.807) is 4.90 Å². The van der Waals surface area contributed by atoms with Crippen LogP contribution in [0.15, 0.2) is 0 Å². The number of Topliss-reactive ketones (excluding diaryl/α,β-unsaturated/α-hetero) is 1. The highest BCUT2D eigenvalue weighted by Gasteiger charge is 2.50. The van der Waals surface area contributed by atoms with Crippen molar-refractivity contribution in [1.82, 2.24) is 4.90 Å². The van der Waals surface area contributed by atoms with Crippen LogP contribution < -0.4 is 0 Å². The highest BCUT2D eigenvalue weighted by molar-refractivity contribution is 5.98. The third kappa shape index (κ3) is 2.13. The zero-order valence-electron chi connectivity index (χ0n) is 9.45. The first-order valence-corrected chi connectivity index (χ1v) is 5.41. The average Bonchev–Trinajstić information content (AvgIpc) is 2.80. The molecule has 0 bridgehead atoms. The molecule has 2 aliphatic rings. The van der Waals surface area contributed by atoms with Crippen molar-refractivity contribution in [3.63, 3.8) is 0 Å². The first-order valence-electron chi connectivity index (χ1n) is 5.41. The molecule has 4 nitrogen and oxygen atoms in total. The number of ether oxygens (including phenoxy) is 1. The zero-order valence-corrected chi connectivity index (χ0v) is 9.45. The van der Waals surface area contributed by atoms with E-state index in [0.29, 0.717) is 5.92 Å². The maximum atomic E-state index is 11.7. The Morgan fingerprint density at radius 3 is 2.40 bits per heavy atom. The maximum Gasteiger partial charge on any atom is 0.411 e. The van der Waals surface area contributed by atoms with Crippen LogP contribution in [0, 0.1) is 5.92 Å². The Bertz CT molecular complexity index is 301. The minimum absolute atomic E-state index is 0.181. The van der Waals surface area contributed by atoms with Gasteiger partial charge in [-0.1, -0.05) is 0 Å². The zero-order chi connectivity index (χ0) is 11.2. The van der Waals surface area contributed by atoms with Crippen molar-refractivity contribution in [3.8, 4) is 0 Å². The molecule has 0 radical (unpaired) electrons. The van der Waals surface area contributed by atoms with Gasteiger partial charge in [0.2, 0.25) is 0 Å². The number of rotatable bonds is 1. The van der Waals surface area contributed by atoms with Crippen LogP contribution in [0.2, 0.25) is 0 Å². The molecule has 4 heteroatoms. The summed E-state index contributed by atoms with van der Waals surface area (Å²) in [5, 5.41) is 0. The van der Waals surface area contributed by atoms with Crippen LogP contribution in [0.1, 0.15) is 33.6 Å². The van der Waals surface area contributed by atoms with Crippen LogP contribution in [-0.2, 0) is 9.53 Å². The van der Waals surface area contributed by atoms with E-state index in [1.165, 1.54) is 0 Å². The monoisotopic (exact) mass is 211 g/mol. The van der Waals surface area contributed by atoms with Gasteiger partial charge in [-0.15, -0.1) is 0 Å². The summed E-state index contributed by atoms with van der Waals surface area (Å²) in [4.78, 5) is 24.6. The molecule has 0 aromatic carbocycles. The van der Waals surface area contributed by atoms with E-state index in [4.69, 9.17) is 4.74 Å². The number of carbonyl (C=O) groups excluding carboxylic acids is 2. The van der Waals surface area contributed by atoms with E-state index in [-0.39, 0.29) is 24.5 Å². The summed E-state index contributed by atoms with van der Waals surface area (Å²) in [5.41, 5.74) is -0.482. The van der Waals surface area contributed by atoms with Crippen molar-refractivity contribution in [2.45, 2.75) is 45.3 Å². The number of hydrogen-bond acceptors (Lipinski definition) is 3. The predicted molar refractivity (Wildman–Crippen MR) is 54.5 cm³/mol. The number of hydrogen-bond donors (Lipinski definition) is 0. The van der Waals surface area contributed by atoms with Gasteiger partial charge in [-0.25, -0.2) is 4.79 Å². The molecule has 1 saturated carbocycles. The summed E-state index contributed by atoms with van der Waals surface area (Å²) in [7, 11) is 0. The molecule has 2 rings (SSSR count). The number of carbonyl (C=O) groups is 2. The molecule has 1 aliphatic heterocycles. The quantitative estimate of drug-likeness (QED) is 0.661. The van der Waals surface area contributed by atoms with E-state index in [2.05, 4.69) is 0 Å². The van der Waals surface area contributed by atoms with Gasteiger partial charge in [0.1, 0.15) is 5.60 Å². The number of nitrogens with zero attached hydrogens (tertiary/aromatic N) is 1. The van der Waals surface area contributed by atoms with Crippen molar-refractivity contribution in [2.75, 3.05) is 6.54 Å². The highest BCUT2D eigenvalue weighted by Crippen LogP contribution is 2.39. The summed E-state index contributed by atoms with van der Waals surface area (Å²) in [6.45, 7) is 5.73. The Balaban J connectivity index is 1.94. The molecule has 1 amide bonds. The van der Waals surface area contributed by atoms with Gasteiger partial charge >= 0.3 is 6.09 Å². The fraction of sp³-hybridized carbons (Fsp3) is 0.818. The van der Waals surface area contributed by atoms with E-state index in [1.807, 2.05) is 20.8 Å². The predicted octanol–water partition coefficient (Wildman–Crippen LogP) is 1.58. The van der Waals surface area contributed by atoms with Gasteiger partial charge in [0.05, 0.1) is 12.6 Å². The Labute approximate surface area is 89.6 Å². The van der Waals surface area contributed by atoms with Crippen molar-refractivity contribution < 1.29 is 14.3 Å². The third-order valence-corrected chi connectivity index (χ3v) is 2.69. The first-order chi connectivity index (χ1) is 6.88. The van der Waals surface area contributed by atoms with Crippen LogP contribution in [-0.4, -0.2) is 35.0 Å². The van der Waals surface area contributed by atoms with Crippen molar-refractivity contribution in [3.05, 3.63) is 0 Å². The standard InChI is InChI=1S/C11H17NO3/c1-11(2,3)15-10(14)12-6-8(13)9(12)7-4-5-7/h7,9H,4-6H2,1-3H3. The molecule has 84 valence electrons. The largest absolute Gasteiger partial charge is 0.444 e. The summed E-state index contributed by atoms with van der Waals surface area (Å²) < 4.78 is 5.23. The van der Waals surface area contributed by atoms with Crippen molar-refractivity contribution in [2.24, 2.45) is 5.92 Å². The number of amides is 1. The van der Waals surface area contributed by atoms with Gasteiger partial charge in [-0.2, -0.15) is 0 Å². The molecule has 1 saturated heterocycles. The fourth-order valence-electron chi connectivity index (χ4n) is 1.85. The summed E-state index contributed by atoms with van der Waals surface area (Å²) in [5.74, 6) is 0.585. The molecule has 1 atom stereocenters. The molecule has 2 fully saturated rings. The smallest absolute Gasteiger partial charge is 0.411 e. The second kappa shape index (κ2) is 3.22. The van der Waals surface area contributed by atoms with E-state index >= 15 is 0 Å². The molecular formula is C11H17NO3. The topological polar surface area (TPSA) is 46.6 Å². The number of likely N-dealkylation sites (tertiary alicyclic amines) is 1. The third-order valence-electron chi connectivity index (χ3n) is 2.69. The molecule has 0 spiro atoms. The van der Waals surface area contributed by atoms with Crippen molar-refractivity contribution >= 4 is 11.9 Å². The van der Waals surface area contributed by atoms with Crippen LogP contribution in [0.4, 0.5) is 4.79 Å². The van der Waals surface area contributed by atoms with Crippen LogP contribution >= 0.6 is 0 Å². The van der Waals surface area contributed by atoms with Gasteiger partial charge in [0.25, 0.3) is 0 Å². The molecule has 0 N–H and O–H groups in total. The first kappa shape index (κ1) is 10.5. The number of ketones is 1. The lowest BCUT2D eigenvalue weighted by Crippen LogP contribution is -2.61. The average molecular weight is 211 g/mol. The van der Waals surface area contributed by atoms with E-state index in [0.717, 1.165) is 12.8 Å². The molecule has 1 unspecified atom stereocenters. The molecular weight excluding hydrogens is 194 g/mol. The molecule has 15 heavy (non-hydrogen) atoms. The van der Waals surface area contributed by atoms with Crippen LogP contribution in [0.25, 0.3) is 0 Å². The Kier molecular flexibility index (Phi) is 2.24. The molecule has 1 heterocycles. The lowest BCUT2D eigenvalue weighted by molar-refractivity contribution is -0.136. The molecule has 1 aliphatic carbocycles. The Hall–Kier alpha value is -1.06.